The highest BCUT2D eigenvalue weighted by Gasteiger charge is 2.07. The second kappa shape index (κ2) is 16.0. The maximum absolute atomic E-state index is 10.5. The average Bonchev–Trinajstić information content (AvgIpc) is 2.39. The second-order valence-electron chi connectivity index (χ2n) is 4.36. The number of hydrogen-bond acceptors (Lipinski definition) is 8. The molecule has 0 aromatic rings. The zero-order valence-electron chi connectivity index (χ0n) is 12.1. The summed E-state index contributed by atoms with van der Waals surface area (Å²) in [4.78, 5) is 0. The van der Waals surface area contributed by atoms with Crippen LogP contribution in [0.4, 0.5) is 0 Å². The molecule has 22 heavy (non-hydrogen) atoms. The van der Waals surface area contributed by atoms with E-state index in [-0.39, 0.29) is 23.6 Å². The molecule has 0 saturated carbocycles. The monoisotopic (exact) mass is 428 g/mol. The Kier molecular flexibility index (Phi) is 17.2. The van der Waals surface area contributed by atoms with Crippen molar-refractivity contribution in [2.24, 2.45) is 11.5 Å². The zero-order chi connectivity index (χ0) is 16.8. The molecule has 0 fully saturated rings. The quantitative estimate of drug-likeness (QED) is 0.174. The van der Waals surface area contributed by atoms with E-state index in [2.05, 4.69) is 0 Å². The number of rotatable bonds is 15. The molecule has 0 aliphatic rings. The largest absolute Gasteiger partial charge is 0.327 e. The Morgan fingerprint density at radius 2 is 1.05 bits per heavy atom. The maximum atomic E-state index is 10.5. The van der Waals surface area contributed by atoms with Crippen LogP contribution in [0.3, 0.4) is 0 Å². The lowest BCUT2D eigenvalue weighted by Gasteiger charge is -2.08. The molecule has 6 N–H and O–H groups in total. The van der Waals surface area contributed by atoms with E-state index in [1.165, 1.54) is 0 Å². The summed E-state index contributed by atoms with van der Waals surface area (Å²) in [6.07, 6.45) is 1.49. The van der Waals surface area contributed by atoms with Gasteiger partial charge in [-0.25, -0.2) is 8.42 Å². The topological polar surface area (TPSA) is 127 Å². The SMILES string of the molecule is N[C@@H](CCSSCCSSCC[C@H](N)CS(=O)O)CS(=O)O. The van der Waals surface area contributed by atoms with E-state index in [1.807, 2.05) is 0 Å². The first-order valence-corrected chi connectivity index (χ1v) is 14.1. The minimum atomic E-state index is -1.80. The van der Waals surface area contributed by atoms with E-state index in [4.69, 9.17) is 20.6 Å². The van der Waals surface area contributed by atoms with Crippen LogP contribution in [-0.2, 0) is 22.2 Å². The zero-order valence-corrected chi connectivity index (χ0v) is 17.0. The average molecular weight is 429 g/mol. The third-order valence-corrected chi connectivity index (χ3v) is 8.84. The molecule has 4 atom stereocenters. The van der Waals surface area contributed by atoms with Gasteiger partial charge < -0.3 is 20.6 Å². The van der Waals surface area contributed by atoms with E-state index < -0.39 is 22.2 Å². The van der Waals surface area contributed by atoms with Crippen LogP contribution in [0.2, 0.25) is 0 Å². The third-order valence-electron chi connectivity index (χ3n) is 2.27. The molecule has 0 aromatic carbocycles. The Labute approximate surface area is 153 Å². The second-order valence-corrected chi connectivity index (χ2v) is 11.7. The fourth-order valence-electron chi connectivity index (χ4n) is 1.24. The van der Waals surface area contributed by atoms with Crippen LogP contribution < -0.4 is 11.5 Å². The summed E-state index contributed by atoms with van der Waals surface area (Å²) >= 11 is -3.61. The van der Waals surface area contributed by atoms with Gasteiger partial charge in [0.25, 0.3) is 0 Å². The molecule has 134 valence electrons. The molecule has 0 aromatic heterocycles. The highest BCUT2D eigenvalue weighted by atomic mass is 33.1. The van der Waals surface area contributed by atoms with Crippen molar-refractivity contribution < 1.29 is 17.5 Å². The molecule has 12 heteroatoms. The molecule has 0 radical (unpaired) electrons. The predicted octanol–water partition coefficient (Wildman–Crippen LogP) is 1.63. The van der Waals surface area contributed by atoms with Gasteiger partial charge in [-0.3, -0.25) is 0 Å². The molecule has 0 aliphatic carbocycles. The van der Waals surface area contributed by atoms with Gasteiger partial charge in [-0.05, 0) is 12.8 Å². The normalized spacial score (nSPS) is 17.1. The van der Waals surface area contributed by atoms with Crippen molar-refractivity contribution in [3.05, 3.63) is 0 Å². The Balaban J connectivity index is 3.24. The summed E-state index contributed by atoms with van der Waals surface area (Å²) in [6.45, 7) is 0. The minimum Gasteiger partial charge on any atom is -0.327 e. The molecule has 0 spiro atoms. The van der Waals surface area contributed by atoms with E-state index in [1.54, 1.807) is 43.2 Å². The van der Waals surface area contributed by atoms with Gasteiger partial charge >= 0.3 is 0 Å². The van der Waals surface area contributed by atoms with Crippen LogP contribution in [0.15, 0.2) is 0 Å². The van der Waals surface area contributed by atoms with E-state index >= 15 is 0 Å². The van der Waals surface area contributed by atoms with E-state index in [9.17, 15) is 8.42 Å². The van der Waals surface area contributed by atoms with Crippen LogP contribution >= 0.6 is 43.2 Å². The molecule has 2 unspecified atom stereocenters. The van der Waals surface area contributed by atoms with Crippen LogP contribution in [-0.4, -0.2) is 64.1 Å². The molecular formula is C10H24N2O4S6. The molecule has 6 nitrogen and oxygen atoms in total. The number of nitrogens with two attached hydrogens (primary N) is 2. The summed E-state index contributed by atoms with van der Waals surface area (Å²) in [7, 11) is 7.03. The van der Waals surface area contributed by atoms with Crippen molar-refractivity contribution in [2.45, 2.75) is 24.9 Å². The predicted molar refractivity (Wildman–Crippen MR) is 106 cm³/mol. The summed E-state index contributed by atoms with van der Waals surface area (Å²) in [5, 5.41) is 0. The van der Waals surface area contributed by atoms with Crippen molar-refractivity contribution in [3.8, 4) is 0 Å². The summed E-state index contributed by atoms with van der Waals surface area (Å²) in [6, 6.07) is -0.414. The molecule has 0 aliphatic heterocycles. The molecule has 0 saturated heterocycles. The Morgan fingerprint density at radius 3 is 1.36 bits per heavy atom. The van der Waals surface area contributed by atoms with Crippen molar-refractivity contribution in [3.63, 3.8) is 0 Å². The first-order valence-electron chi connectivity index (χ1n) is 6.56. The van der Waals surface area contributed by atoms with Gasteiger partial charge in [-0.2, -0.15) is 0 Å². The first kappa shape index (κ1) is 23.5. The highest BCUT2D eigenvalue weighted by Crippen LogP contribution is 2.28. The van der Waals surface area contributed by atoms with Gasteiger partial charge in [0, 0.05) is 35.1 Å². The van der Waals surface area contributed by atoms with Gasteiger partial charge in [0.05, 0.1) is 11.5 Å². The van der Waals surface area contributed by atoms with Gasteiger partial charge in [-0.1, -0.05) is 43.2 Å². The molecule has 0 bridgehead atoms. The molecule has 0 rings (SSSR count). The summed E-state index contributed by atoms with van der Waals surface area (Å²) < 4.78 is 38.5. The smallest absolute Gasteiger partial charge is 0.154 e. The van der Waals surface area contributed by atoms with E-state index in [0.717, 1.165) is 35.9 Å². The highest BCUT2D eigenvalue weighted by molar-refractivity contribution is 8.78. The van der Waals surface area contributed by atoms with Gasteiger partial charge in [0.15, 0.2) is 22.2 Å². The lowest BCUT2D eigenvalue weighted by Crippen LogP contribution is -2.27. The Bertz CT molecular complexity index is 296. The third kappa shape index (κ3) is 17.9. The fraction of sp³-hybridized carbons (Fsp3) is 1.00. The van der Waals surface area contributed by atoms with Crippen LogP contribution in [0.5, 0.6) is 0 Å². The van der Waals surface area contributed by atoms with Crippen molar-refractivity contribution in [2.75, 3.05) is 34.5 Å². The van der Waals surface area contributed by atoms with Crippen molar-refractivity contribution in [1.82, 2.24) is 0 Å². The number of hydrogen-bond donors (Lipinski definition) is 4. The van der Waals surface area contributed by atoms with E-state index in [0.29, 0.717) is 0 Å². The Morgan fingerprint density at radius 1 is 0.727 bits per heavy atom. The first-order chi connectivity index (χ1) is 10.4. The minimum absolute atomic E-state index is 0.143. The van der Waals surface area contributed by atoms with Crippen molar-refractivity contribution in [1.29, 1.82) is 0 Å². The van der Waals surface area contributed by atoms with Gasteiger partial charge in [0.1, 0.15) is 0 Å². The van der Waals surface area contributed by atoms with Crippen LogP contribution in [0.25, 0.3) is 0 Å². The lowest BCUT2D eigenvalue weighted by molar-refractivity contribution is 0.552. The van der Waals surface area contributed by atoms with Crippen LogP contribution in [0, 0.1) is 0 Å². The maximum Gasteiger partial charge on any atom is 0.154 e. The Hall–Kier alpha value is 1.54. The van der Waals surface area contributed by atoms with Crippen LogP contribution in [0.1, 0.15) is 12.8 Å². The fourth-order valence-corrected chi connectivity index (χ4v) is 7.33. The standard InChI is InChI=1S/C10H24N2O4S6/c11-9(7-21(13)14)1-3-17-19-5-6-20-18-4-2-10(12)8-22(15)16/h9-10H,1-8,11-12H2,(H,13,14)(H,15,16)/t9-,10-/m0/s1. The summed E-state index contributed by atoms with van der Waals surface area (Å²) in [5.41, 5.74) is 11.4. The summed E-state index contributed by atoms with van der Waals surface area (Å²) in [5.74, 6) is 4.10. The lowest BCUT2D eigenvalue weighted by atomic mass is 10.3. The molecular weight excluding hydrogens is 405 g/mol. The van der Waals surface area contributed by atoms with Gasteiger partial charge in [-0.15, -0.1) is 0 Å². The van der Waals surface area contributed by atoms with Crippen molar-refractivity contribution >= 4 is 65.3 Å². The molecule has 0 heterocycles. The molecule has 0 amide bonds. The van der Waals surface area contributed by atoms with Gasteiger partial charge in [0.2, 0.25) is 0 Å².